The van der Waals surface area contributed by atoms with E-state index in [1.807, 2.05) is 47.4 Å². The van der Waals surface area contributed by atoms with Crippen LogP contribution in [0, 0.1) is 0 Å². The van der Waals surface area contributed by atoms with Gasteiger partial charge >= 0.3 is 0 Å². The predicted molar refractivity (Wildman–Crippen MR) is 96.8 cm³/mol. The van der Waals surface area contributed by atoms with Gasteiger partial charge in [-0.25, -0.2) is 0 Å². The lowest BCUT2D eigenvalue weighted by atomic mass is 10.2. The molecule has 0 saturated carbocycles. The van der Waals surface area contributed by atoms with Crippen LogP contribution in [0.4, 0.5) is 0 Å². The summed E-state index contributed by atoms with van der Waals surface area (Å²) in [6, 6.07) is 17.4. The lowest BCUT2D eigenvalue weighted by Crippen LogP contribution is -2.29. The number of carbonyl (C=O) groups is 1. The van der Waals surface area contributed by atoms with E-state index < -0.39 is 0 Å². The maximum absolute atomic E-state index is 12.8. The first kappa shape index (κ1) is 16.0. The van der Waals surface area contributed by atoms with Crippen LogP contribution in [-0.4, -0.2) is 17.4 Å². The van der Waals surface area contributed by atoms with Gasteiger partial charge in [0.15, 0.2) is 5.76 Å². The Morgan fingerprint density at radius 3 is 2.84 bits per heavy atom. The SMILES string of the molecule is O=C(c1ccc(COc2ccccc2)o1)N1CCC[C@@H]1c1cccs1. The molecule has 0 aliphatic carbocycles. The van der Waals surface area contributed by atoms with E-state index in [9.17, 15) is 4.79 Å². The molecule has 3 aromatic rings. The molecule has 5 heteroatoms. The van der Waals surface area contributed by atoms with Crippen LogP contribution in [0.3, 0.4) is 0 Å². The summed E-state index contributed by atoms with van der Waals surface area (Å²) in [5.74, 6) is 1.78. The molecule has 4 nitrogen and oxygen atoms in total. The molecule has 1 aromatic carbocycles. The number of likely N-dealkylation sites (tertiary alicyclic amines) is 1. The number of carbonyl (C=O) groups excluding carboxylic acids is 1. The molecule has 0 spiro atoms. The van der Waals surface area contributed by atoms with Crippen molar-refractivity contribution in [1.82, 2.24) is 4.90 Å². The van der Waals surface area contributed by atoms with Crippen molar-refractivity contribution in [3.63, 3.8) is 0 Å². The second-order valence-corrected chi connectivity index (χ2v) is 7.02. The molecule has 0 bridgehead atoms. The molecule has 1 aliphatic heterocycles. The molecule has 0 radical (unpaired) electrons. The topological polar surface area (TPSA) is 42.7 Å². The number of rotatable bonds is 5. The minimum absolute atomic E-state index is 0.0399. The van der Waals surface area contributed by atoms with Gasteiger partial charge in [-0.15, -0.1) is 11.3 Å². The van der Waals surface area contributed by atoms with E-state index in [1.54, 1.807) is 17.4 Å². The van der Waals surface area contributed by atoms with Crippen LogP contribution in [0.1, 0.15) is 40.1 Å². The lowest BCUT2D eigenvalue weighted by molar-refractivity contribution is 0.0701. The van der Waals surface area contributed by atoms with Crippen molar-refractivity contribution in [2.24, 2.45) is 0 Å². The van der Waals surface area contributed by atoms with Crippen molar-refractivity contribution in [3.05, 3.63) is 76.4 Å². The standard InChI is InChI=1S/C20H19NO3S/c22-20(21-12-4-8-17(21)19-9-5-13-25-19)18-11-10-16(24-18)14-23-15-6-2-1-3-7-15/h1-3,5-7,9-11,13,17H,4,8,12,14H2/t17-/m1/s1. The highest BCUT2D eigenvalue weighted by molar-refractivity contribution is 7.10. The van der Waals surface area contributed by atoms with Crippen molar-refractivity contribution in [1.29, 1.82) is 0 Å². The second kappa shape index (κ2) is 7.15. The van der Waals surface area contributed by atoms with Crippen LogP contribution in [0.25, 0.3) is 0 Å². The third-order valence-corrected chi connectivity index (χ3v) is 5.36. The molecule has 1 amide bonds. The minimum atomic E-state index is -0.0399. The summed E-state index contributed by atoms with van der Waals surface area (Å²) < 4.78 is 11.4. The molecule has 0 N–H and O–H groups in total. The number of benzene rings is 1. The molecule has 1 atom stereocenters. The Morgan fingerprint density at radius 1 is 1.16 bits per heavy atom. The first-order valence-corrected chi connectivity index (χ1v) is 9.30. The number of hydrogen-bond donors (Lipinski definition) is 0. The van der Waals surface area contributed by atoms with Crippen molar-refractivity contribution < 1.29 is 13.9 Å². The van der Waals surface area contributed by atoms with E-state index in [-0.39, 0.29) is 11.9 Å². The highest BCUT2D eigenvalue weighted by atomic mass is 32.1. The van der Waals surface area contributed by atoms with Gasteiger partial charge in [0, 0.05) is 11.4 Å². The Kier molecular flexibility index (Phi) is 4.57. The Labute approximate surface area is 150 Å². The highest BCUT2D eigenvalue weighted by Gasteiger charge is 2.32. The summed E-state index contributed by atoms with van der Waals surface area (Å²) in [5, 5.41) is 2.06. The van der Waals surface area contributed by atoms with Gasteiger partial charge in [0.25, 0.3) is 5.91 Å². The molecule has 128 valence electrons. The number of amides is 1. The normalized spacial score (nSPS) is 17.0. The Hall–Kier alpha value is -2.53. The average molecular weight is 353 g/mol. The summed E-state index contributed by atoms with van der Waals surface area (Å²) in [6.45, 7) is 1.09. The number of para-hydroxylation sites is 1. The lowest BCUT2D eigenvalue weighted by Gasteiger charge is -2.22. The molecule has 0 unspecified atom stereocenters. The highest BCUT2D eigenvalue weighted by Crippen LogP contribution is 2.35. The van der Waals surface area contributed by atoms with E-state index in [0.29, 0.717) is 18.1 Å². The maximum atomic E-state index is 12.8. The number of hydrogen-bond acceptors (Lipinski definition) is 4. The van der Waals surface area contributed by atoms with E-state index in [1.165, 1.54) is 4.88 Å². The molecule has 25 heavy (non-hydrogen) atoms. The Balaban J connectivity index is 1.43. The van der Waals surface area contributed by atoms with Crippen LogP contribution < -0.4 is 4.74 Å². The number of furan rings is 1. The Bertz CT molecular complexity index is 826. The minimum Gasteiger partial charge on any atom is -0.486 e. The first-order valence-electron chi connectivity index (χ1n) is 8.42. The van der Waals surface area contributed by atoms with Gasteiger partial charge in [0.1, 0.15) is 18.1 Å². The largest absolute Gasteiger partial charge is 0.486 e. The summed E-state index contributed by atoms with van der Waals surface area (Å²) in [5.41, 5.74) is 0. The fraction of sp³-hybridized carbons (Fsp3) is 0.250. The number of thiophene rings is 1. The van der Waals surface area contributed by atoms with Gasteiger partial charge in [0.2, 0.25) is 0 Å². The van der Waals surface area contributed by atoms with Gasteiger partial charge in [-0.1, -0.05) is 24.3 Å². The van der Waals surface area contributed by atoms with Crippen molar-refractivity contribution in [2.75, 3.05) is 6.54 Å². The van der Waals surface area contributed by atoms with Gasteiger partial charge < -0.3 is 14.1 Å². The maximum Gasteiger partial charge on any atom is 0.290 e. The quantitative estimate of drug-likeness (QED) is 0.655. The second-order valence-electron chi connectivity index (χ2n) is 6.04. The summed E-state index contributed by atoms with van der Waals surface area (Å²) in [4.78, 5) is 16.0. The summed E-state index contributed by atoms with van der Waals surface area (Å²) >= 11 is 1.70. The van der Waals surface area contributed by atoms with Crippen molar-refractivity contribution in [3.8, 4) is 5.75 Å². The van der Waals surface area contributed by atoms with Gasteiger partial charge in [-0.3, -0.25) is 4.79 Å². The van der Waals surface area contributed by atoms with Gasteiger partial charge in [-0.05, 0) is 48.6 Å². The van der Waals surface area contributed by atoms with Crippen molar-refractivity contribution in [2.45, 2.75) is 25.5 Å². The molecule has 1 aliphatic rings. The van der Waals surface area contributed by atoms with E-state index in [2.05, 4.69) is 11.4 Å². The fourth-order valence-electron chi connectivity index (χ4n) is 3.17. The molecule has 1 fully saturated rings. The average Bonchev–Trinajstić information content (AvgIpc) is 3.41. The zero-order valence-electron chi connectivity index (χ0n) is 13.8. The van der Waals surface area contributed by atoms with Crippen LogP contribution >= 0.6 is 11.3 Å². The smallest absolute Gasteiger partial charge is 0.290 e. The van der Waals surface area contributed by atoms with Crippen LogP contribution in [0.5, 0.6) is 5.75 Å². The zero-order valence-corrected chi connectivity index (χ0v) is 14.6. The van der Waals surface area contributed by atoms with Gasteiger partial charge in [-0.2, -0.15) is 0 Å². The monoisotopic (exact) mass is 353 g/mol. The summed E-state index contributed by atoms with van der Waals surface area (Å²) in [7, 11) is 0. The third-order valence-electron chi connectivity index (χ3n) is 4.38. The van der Waals surface area contributed by atoms with Crippen molar-refractivity contribution >= 4 is 17.2 Å². The number of nitrogens with zero attached hydrogens (tertiary/aromatic N) is 1. The first-order chi connectivity index (χ1) is 12.3. The zero-order chi connectivity index (χ0) is 17.1. The Morgan fingerprint density at radius 2 is 2.04 bits per heavy atom. The molecular weight excluding hydrogens is 334 g/mol. The van der Waals surface area contributed by atoms with Gasteiger partial charge in [0.05, 0.1) is 6.04 Å². The molecule has 1 saturated heterocycles. The fourth-order valence-corrected chi connectivity index (χ4v) is 4.04. The van der Waals surface area contributed by atoms with E-state index in [0.717, 1.165) is 25.1 Å². The molecule has 2 aromatic heterocycles. The molecular formula is C20H19NO3S. The number of ether oxygens (including phenoxy) is 1. The van der Waals surface area contributed by atoms with Crippen LogP contribution in [0.2, 0.25) is 0 Å². The van der Waals surface area contributed by atoms with Crippen LogP contribution in [-0.2, 0) is 6.61 Å². The molecule has 4 rings (SSSR count). The predicted octanol–water partition coefficient (Wildman–Crippen LogP) is 4.90. The third kappa shape index (κ3) is 3.46. The molecule has 3 heterocycles. The summed E-state index contributed by atoms with van der Waals surface area (Å²) in [6.07, 6.45) is 2.04. The van der Waals surface area contributed by atoms with E-state index >= 15 is 0 Å². The van der Waals surface area contributed by atoms with E-state index in [4.69, 9.17) is 9.15 Å². The van der Waals surface area contributed by atoms with Crippen LogP contribution in [0.15, 0.2) is 64.4 Å².